The van der Waals surface area contributed by atoms with Gasteiger partial charge in [-0.2, -0.15) is 13.2 Å². The number of sulfone groups is 1. The highest BCUT2D eigenvalue weighted by atomic mass is 32.2. The van der Waals surface area contributed by atoms with E-state index in [2.05, 4.69) is 0 Å². The average Bonchev–Trinajstić information content (AvgIpc) is 2.28. The minimum atomic E-state index is -4.19. The van der Waals surface area contributed by atoms with Gasteiger partial charge in [0.1, 0.15) is 9.84 Å². The first-order valence-electron chi connectivity index (χ1n) is 6.57. The van der Waals surface area contributed by atoms with Crippen LogP contribution in [0.2, 0.25) is 0 Å². The molecule has 0 bridgehead atoms. The van der Waals surface area contributed by atoms with Crippen LogP contribution in [-0.2, 0) is 9.84 Å². The Balaban J connectivity index is 2.40. The number of rotatable bonds is 5. The van der Waals surface area contributed by atoms with E-state index in [0.717, 1.165) is 0 Å². The Morgan fingerprint density at radius 2 is 1.79 bits per heavy atom. The third-order valence-corrected chi connectivity index (χ3v) is 5.71. The maximum atomic E-state index is 12.5. The summed E-state index contributed by atoms with van der Waals surface area (Å²) in [4.78, 5) is 0. The van der Waals surface area contributed by atoms with Crippen LogP contribution in [0, 0.1) is 5.92 Å². The lowest BCUT2D eigenvalue weighted by molar-refractivity contribution is -0.192. The largest absolute Gasteiger partial charge is 0.391 e. The van der Waals surface area contributed by atoms with Crippen LogP contribution in [0.5, 0.6) is 0 Å². The molecule has 1 aliphatic rings. The summed E-state index contributed by atoms with van der Waals surface area (Å²) in [6.45, 7) is 1.55. The van der Waals surface area contributed by atoms with Crippen molar-refractivity contribution in [3.05, 3.63) is 0 Å². The van der Waals surface area contributed by atoms with E-state index in [1.54, 1.807) is 6.92 Å². The number of hydrogen-bond acceptors (Lipinski definition) is 3. The van der Waals surface area contributed by atoms with Crippen molar-refractivity contribution >= 4 is 9.84 Å². The third kappa shape index (κ3) is 5.30. The Morgan fingerprint density at radius 3 is 2.21 bits per heavy atom. The molecule has 0 aromatic carbocycles. The Labute approximate surface area is 112 Å². The summed E-state index contributed by atoms with van der Waals surface area (Å²) in [7, 11) is -3.07. The predicted molar refractivity (Wildman–Crippen MR) is 66.5 cm³/mol. The van der Waals surface area contributed by atoms with E-state index in [4.69, 9.17) is 0 Å². The van der Waals surface area contributed by atoms with Crippen molar-refractivity contribution < 1.29 is 26.7 Å². The number of hydrogen-bond donors (Lipinski definition) is 1. The molecule has 19 heavy (non-hydrogen) atoms. The summed E-state index contributed by atoms with van der Waals surface area (Å²) in [5.41, 5.74) is -1.12. The second-order valence-electron chi connectivity index (χ2n) is 5.38. The van der Waals surface area contributed by atoms with Crippen molar-refractivity contribution in [2.75, 3.05) is 11.5 Å². The molecule has 0 spiro atoms. The minimum absolute atomic E-state index is 0.00545. The lowest BCUT2D eigenvalue weighted by Crippen LogP contribution is -2.38. The summed E-state index contributed by atoms with van der Waals surface area (Å²) in [6, 6.07) is 0. The van der Waals surface area contributed by atoms with Gasteiger partial charge in [0.25, 0.3) is 0 Å². The molecule has 1 rings (SSSR count). The highest BCUT2D eigenvalue weighted by Crippen LogP contribution is 2.42. The van der Waals surface area contributed by atoms with Gasteiger partial charge in [0.15, 0.2) is 0 Å². The van der Waals surface area contributed by atoms with Crippen LogP contribution in [0.15, 0.2) is 0 Å². The first kappa shape index (κ1) is 16.8. The van der Waals surface area contributed by atoms with Crippen LogP contribution in [0.1, 0.15) is 45.4 Å². The number of halogens is 3. The summed E-state index contributed by atoms with van der Waals surface area (Å²) < 4.78 is 60.1. The van der Waals surface area contributed by atoms with Crippen molar-refractivity contribution in [2.45, 2.75) is 57.2 Å². The van der Waals surface area contributed by atoms with Crippen molar-refractivity contribution in [1.82, 2.24) is 0 Å². The predicted octanol–water partition coefficient (Wildman–Crippen LogP) is 2.68. The normalized spacial score (nSPS) is 29.4. The van der Waals surface area contributed by atoms with E-state index in [1.807, 2.05) is 0 Å². The molecule has 1 fully saturated rings. The van der Waals surface area contributed by atoms with E-state index in [1.165, 1.54) is 0 Å². The fourth-order valence-corrected chi connectivity index (χ4v) is 3.37. The molecule has 0 aromatic rings. The molecule has 0 atom stereocenters. The van der Waals surface area contributed by atoms with Gasteiger partial charge in [-0.1, -0.05) is 6.92 Å². The van der Waals surface area contributed by atoms with E-state index < -0.39 is 27.5 Å². The fourth-order valence-electron chi connectivity index (χ4n) is 2.50. The SMILES string of the molecule is CCS(=O)(=O)CCCC1(O)CCC(C(F)(F)F)CC1. The van der Waals surface area contributed by atoms with Gasteiger partial charge in [-0.05, 0) is 38.5 Å². The summed E-state index contributed by atoms with van der Waals surface area (Å²) in [5.74, 6) is -1.28. The Morgan fingerprint density at radius 1 is 1.26 bits per heavy atom. The molecule has 1 aliphatic carbocycles. The molecule has 3 nitrogen and oxygen atoms in total. The van der Waals surface area contributed by atoms with Crippen molar-refractivity contribution in [1.29, 1.82) is 0 Å². The molecule has 0 aromatic heterocycles. The smallest absolute Gasteiger partial charge is 0.390 e. The number of alkyl halides is 3. The van der Waals surface area contributed by atoms with E-state index in [-0.39, 0.29) is 43.6 Å². The number of aliphatic hydroxyl groups is 1. The average molecular weight is 302 g/mol. The zero-order chi connectivity index (χ0) is 14.7. The molecule has 1 N–H and O–H groups in total. The van der Waals surface area contributed by atoms with Crippen molar-refractivity contribution in [2.24, 2.45) is 5.92 Å². The van der Waals surface area contributed by atoms with Gasteiger partial charge in [0.2, 0.25) is 0 Å². The second kappa shape index (κ2) is 5.99. The molecule has 0 unspecified atom stereocenters. The third-order valence-electron chi connectivity index (χ3n) is 3.92. The molecule has 0 amide bonds. The van der Waals surface area contributed by atoms with Crippen LogP contribution in [0.4, 0.5) is 13.2 Å². The monoisotopic (exact) mass is 302 g/mol. The first-order valence-corrected chi connectivity index (χ1v) is 8.40. The standard InChI is InChI=1S/C12H21F3O3S/c1-2-19(17,18)9-3-6-11(16)7-4-10(5-8-11)12(13,14)15/h10,16H,2-9H2,1H3. The van der Waals surface area contributed by atoms with Gasteiger partial charge < -0.3 is 5.11 Å². The molecule has 0 radical (unpaired) electrons. The minimum Gasteiger partial charge on any atom is -0.390 e. The molecule has 0 aliphatic heterocycles. The molecular formula is C12H21F3O3S. The van der Waals surface area contributed by atoms with Crippen LogP contribution in [0.25, 0.3) is 0 Å². The van der Waals surface area contributed by atoms with Crippen LogP contribution >= 0.6 is 0 Å². The van der Waals surface area contributed by atoms with E-state index >= 15 is 0 Å². The summed E-state index contributed by atoms with van der Waals surface area (Å²) >= 11 is 0. The van der Waals surface area contributed by atoms with Crippen molar-refractivity contribution in [3.8, 4) is 0 Å². The zero-order valence-corrected chi connectivity index (χ0v) is 11.9. The Hall–Kier alpha value is -0.300. The lowest BCUT2D eigenvalue weighted by Gasteiger charge is -2.36. The first-order chi connectivity index (χ1) is 8.58. The molecule has 0 heterocycles. The second-order valence-corrected chi connectivity index (χ2v) is 7.85. The maximum Gasteiger partial charge on any atom is 0.391 e. The van der Waals surface area contributed by atoms with E-state index in [0.29, 0.717) is 6.42 Å². The van der Waals surface area contributed by atoms with Gasteiger partial charge in [0, 0.05) is 5.75 Å². The quantitative estimate of drug-likeness (QED) is 0.849. The Bertz CT molecular complexity index is 382. The fraction of sp³-hybridized carbons (Fsp3) is 1.00. The summed E-state index contributed by atoms with van der Waals surface area (Å²) in [5, 5.41) is 10.2. The highest BCUT2D eigenvalue weighted by Gasteiger charge is 2.44. The topological polar surface area (TPSA) is 54.4 Å². The molecule has 7 heteroatoms. The van der Waals surface area contributed by atoms with Gasteiger partial charge in [-0.25, -0.2) is 8.42 Å². The lowest BCUT2D eigenvalue weighted by atomic mass is 9.76. The van der Waals surface area contributed by atoms with Crippen LogP contribution in [0.3, 0.4) is 0 Å². The van der Waals surface area contributed by atoms with Gasteiger partial charge in [0.05, 0.1) is 17.3 Å². The van der Waals surface area contributed by atoms with Crippen molar-refractivity contribution in [3.63, 3.8) is 0 Å². The zero-order valence-electron chi connectivity index (χ0n) is 11.0. The molecule has 1 saturated carbocycles. The molecule has 0 saturated heterocycles. The van der Waals surface area contributed by atoms with Gasteiger partial charge in [-0.15, -0.1) is 0 Å². The Kier molecular flexibility index (Phi) is 5.28. The van der Waals surface area contributed by atoms with Crippen LogP contribution in [-0.4, -0.2) is 36.8 Å². The van der Waals surface area contributed by atoms with Gasteiger partial charge >= 0.3 is 6.18 Å². The maximum absolute atomic E-state index is 12.5. The van der Waals surface area contributed by atoms with E-state index in [9.17, 15) is 26.7 Å². The highest BCUT2D eigenvalue weighted by molar-refractivity contribution is 7.91. The molecule has 114 valence electrons. The summed E-state index contributed by atoms with van der Waals surface area (Å²) in [6.07, 6.45) is -3.55. The van der Waals surface area contributed by atoms with Crippen LogP contribution < -0.4 is 0 Å². The molecular weight excluding hydrogens is 281 g/mol. The van der Waals surface area contributed by atoms with Gasteiger partial charge in [-0.3, -0.25) is 0 Å².